The number of nitrogens with zero attached hydrogens (tertiary/aromatic N) is 2. The van der Waals surface area contributed by atoms with E-state index in [1.807, 2.05) is 91.1 Å². The molecule has 0 spiro atoms. The molecule has 1 atom stereocenters. The summed E-state index contributed by atoms with van der Waals surface area (Å²) in [5.74, 6) is 0.105. The van der Waals surface area contributed by atoms with E-state index in [2.05, 4.69) is 4.98 Å². The quantitative estimate of drug-likeness (QED) is 0.326. The van der Waals surface area contributed by atoms with Crippen molar-refractivity contribution in [2.75, 3.05) is 13.7 Å². The molecule has 5 aromatic rings. The zero-order valence-electron chi connectivity index (χ0n) is 21.4. The van der Waals surface area contributed by atoms with Gasteiger partial charge in [0.25, 0.3) is 5.56 Å². The Labute approximate surface area is 228 Å². The number of thiazole rings is 1. The lowest BCUT2D eigenvalue weighted by Crippen LogP contribution is -2.40. The Morgan fingerprint density at radius 1 is 1.08 bits per heavy atom. The van der Waals surface area contributed by atoms with Crippen LogP contribution in [-0.2, 0) is 9.53 Å². The first kappa shape index (κ1) is 24.6. The molecule has 1 aliphatic rings. The van der Waals surface area contributed by atoms with Gasteiger partial charge in [-0.25, -0.2) is 9.79 Å². The van der Waals surface area contributed by atoms with E-state index in [1.165, 1.54) is 11.3 Å². The van der Waals surface area contributed by atoms with Gasteiger partial charge in [0.2, 0.25) is 0 Å². The van der Waals surface area contributed by atoms with Crippen molar-refractivity contribution in [3.8, 4) is 5.75 Å². The number of carbonyl (C=O) groups is 1. The van der Waals surface area contributed by atoms with E-state index >= 15 is 0 Å². The highest BCUT2D eigenvalue weighted by Gasteiger charge is 2.35. The summed E-state index contributed by atoms with van der Waals surface area (Å²) in [6, 6.07) is 24.1. The molecule has 0 saturated carbocycles. The van der Waals surface area contributed by atoms with Crippen LogP contribution in [-0.4, -0.2) is 29.2 Å². The molecular weight excluding hydrogens is 510 g/mol. The van der Waals surface area contributed by atoms with Gasteiger partial charge in [-0.15, -0.1) is 0 Å². The number of hydrogen-bond acceptors (Lipinski definition) is 6. The van der Waals surface area contributed by atoms with Crippen molar-refractivity contribution in [3.05, 3.63) is 127 Å². The molecule has 6 rings (SSSR count). The molecule has 0 saturated heterocycles. The Bertz CT molecular complexity index is 1910. The van der Waals surface area contributed by atoms with Crippen molar-refractivity contribution in [2.45, 2.75) is 13.0 Å². The third kappa shape index (κ3) is 4.38. The molecule has 7 nitrogen and oxygen atoms in total. The summed E-state index contributed by atoms with van der Waals surface area (Å²) in [5.41, 5.74) is 3.95. The molecule has 0 bridgehead atoms. The minimum atomic E-state index is -0.754. The summed E-state index contributed by atoms with van der Waals surface area (Å²) in [5, 5.41) is 1.02. The first-order chi connectivity index (χ1) is 19.1. The number of rotatable bonds is 6. The monoisotopic (exact) mass is 535 g/mol. The second-order valence-electron chi connectivity index (χ2n) is 9.00. The molecule has 0 radical (unpaired) electrons. The Balaban J connectivity index is 1.66. The number of carbonyl (C=O) groups excluding carboxylic acids is 1. The molecule has 39 heavy (non-hydrogen) atoms. The number of para-hydroxylation sites is 1. The van der Waals surface area contributed by atoms with Crippen molar-refractivity contribution in [3.63, 3.8) is 0 Å². The highest BCUT2D eigenvalue weighted by atomic mass is 32.1. The number of aromatic nitrogens is 2. The Kier molecular flexibility index (Phi) is 6.46. The SMILES string of the molecule is CCOC(=O)C1=C(c2ccccc2)N=c2s/c(=C/c3c[nH]c4ccccc34)c(=O)n2[C@H]1c1cccc(OC)c1. The van der Waals surface area contributed by atoms with E-state index in [9.17, 15) is 9.59 Å². The van der Waals surface area contributed by atoms with Crippen LogP contribution in [0.25, 0.3) is 22.7 Å². The standard InChI is InChI=1S/C31H25N3O4S/c1-3-38-30(36)26-27(19-10-5-4-6-11-19)33-31-34(28(26)20-12-9-13-22(16-20)37-2)29(35)25(39-31)17-21-18-32-24-15-8-7-14-23(21)24/h4-18,28,32H,3H2,1-2H3/b25-17+/t28-/m0/s1. The van der Waals surface area contributed by atoms with Crippen LogP contribution in [0.1, 0.15) is 29.7 Å². The van der Waals surface area contributed by atoms with Gasteiger partial charge in [0.05, 0.1) is 35.6 Å². The maximum atomic E-state index is 14.0. The van der Waals surface area contributed by atoms with Crippen molar-refractivity contribution in [1.82, 2.24) is 9.55 Å². The number of esters is 1. The van der Waals surface area contributed by atoms with Gasteiger partial charge >= 0.3 is 5.97 Å². The fraction of sp³-hybridized carbons (Fsp3) is 0.129. The zero-order chi connectivity index (χ0) is 26.9. The fourth-order valence-corrected chi connectivity index (χ4v) is 5.91. The number of methoxy groups -OCH3 is 1. The molecular formula is C31H25N3O4S. The third-order valence-corrected chi connectivity index (χ3v) is 7.67. The zero-order valence-corrected chi connectivity index (χ0v) is 22.2. The van der Waals surface area contributed by atoms with E-state index in [1.54, 1.807) is 18.6 Å². The predicted octanol–water partition coefficient (Wildman–Crippen LogP) is 4.43. The van der Waals surface area contributed by atoms with Gasteiger partial charge < -0.3 is 14.5 Å². The third-order valence-electron chi connectivity index (χ3n) is 6.69. The second kappa shape index (κ2) is 10.2. The maximum Gasteiger partial charge on any atom is 0.338 e. The Morgan fingerprint density at radius 2 is 1.87 bits per heavy atom. The number of ether oxygens (including phenoxy) is 2. The highest BCUT2D eigenvalue weighted by molar-refractivity contribution is 7.07. The summed E-state index contributed by atoms with van der Waals surface area (Å²) >= 11 is 1.30. The molecule has 1 N–H and O–H groups in total. The van der Waals surface area contributed by atoms with E-state index in [0.717, 1.165) is 27.6 Å². The smallest absolute Gasteiger partial charge is 0.338 e. The van der Waals surface area contributed by atoms with Crippen molar-refractivity contribution in [2.24, 2.45) is 4.99 Å². The van der Waals surface area contributed by atoms with Crippen molar-refractivity contribution < 1.29 is 14.3 Å². The average Bonchev–Trinajstić information content (AvgIpc) is 3.53. The van der Waals surface area contributed by atoms with Gasteiger partial charge in [-0.2, -0.15) is 0 Å². The van der Waals surface area contributed by atoms with E-state index in [0.29, 0.717) is 26.4 Å². The van der Waals surface area contributed by atoms with Crippen LogP contribution >= 0.6 is 11.3 Å². The van der Waals surface area contributed by atoms with Crippen LogP contribution in [0.3, 0.4) is 0 Å². The van der Waals surface area contributed by atoms with Gasteiger partial charge in [0, 0.05) is 28.2 Å². The molecule has 1 aliphatic heterocycles. The summed E-state index contributed by atoms with van der Waals surface area (Å²) in [6.07, 6.45) is 3.77. The first-order valence-electron chi connectivity index (χ1n) is 12.6. The van der Waals surface area contributed by atoms with Gasteiger partial charge in [-0.1, -0.05) is 72.0 Å². The summed E-state index contributed by atoms with van der Waals surface area (Å²) in [4.78, 5) is 36.3. The summed E-state index contributed by atoms with van der Waals surface area (Å²) in [7, 11) is 1.59. The van der Waals surface area contributed by atoms with Crippen LogP contribution in [0.15, 0.2) is 100 Å². The molecule has 0 fully saturated rings. The van der Waals surface area contributed by atoms with Crippen molar-refractivity contribution >= 4 is 40.0 Å². The second-order valence-corrected chi connectivity index (χ2v) is 10.0. The molecule has 3 aromatic carbocycles. The minimum Gasteiger partial charge on any atom is -0.497 e. The summed E-state index contributed by atoms with van der Waals surface area (Å²) < 4.78 is 13.1. The van der Waals surface area contributed by atoms with Gasteiger partial charge in [0.1, 0.15) is 5.75 Å². The number of fused-ring (bicyclic) bond motifs is 2. The number of H-pyrrole nitrogens is 1. The van der Waals surface area contributed by atoms with Crippen LogP contribution in [0.2, 0.25) is 0 Å². The first-order valence-corrected chi connectivity index (χ1v) is 13.4. The topological polar surface area (TPSA) is 85.7 Å². The number of benzene rings is 3. The van der Waals surface area contributed by atoms with Crippen LogP contribution in [0, 0.1) is 0 Å². The van der Waals surface area contributed by atoms with Gasteiger partial charge in [0.15, 0.2) is 4.80 Å². The number of nitrogens with one attached hydrogen (secondary N) is 1. The van der Waals surface area contributed by atoms with Gasteiger partial charge in [-0.3, -0.25) is 9.36 Å². The lowest BCUT2D eigenvalue weighted by molar-refractivity contribution is -0.138. The van der Waals surface area contributed by atoms with E-state index < -0.39 is 12.0 Å². The van der Waals surface area contributed by atoms with E-state index in [-0.39, 0.29) is 12.2 Å². The van der Waals surface area contributed by atoms with E-state index in [4.69, 9.17) is 14.5 Å². The average molecular weight is 536 g/mol. The molecule has 8 heteroatoms. The minimum absolute atomic E-state index is 0.195. The molecule has 3 heterocycles. The molecule has 0 amide bonds. The number of aromatic amines is 1. The Morgan fingerprint density at radius 3 is 2.67 bits per heavy atom. The lowest BCUT2D eigenvalue weighted by atomic mass is 9.93. The maximum absolute atomic E-state index is 14.0. The molecule has 0 aliphatic carbocycles. The molecule has 194 valence electrons. The van der Waals surface area contributed by atoms with Crippen LogP contribution < -0.4 is 19.6 Å². The van der Waals surface area contributed by atoms with Crippen LogP contribution in [0.5, 0.6) is 5.75 Å². The predicted molar refractivity (Wildman–Crippen MR) is 152 cm³/mol. The number of hydrogen-bond donors (Lipinski definition) is 1. The van der Waals surface area contributed by atoms with Crippen LogP contribution in [0.4, 0.5) is 0 Å². The molecule has 0 unspecified atom stereocenters. The van der Waals surface area contributed by atoms with Gasteiger partial charge in [-0.05, 0) is 36.8 Å². The Hall–Kier alpha value is -4.69. The summed E-state index contributed by atoms with van der Waals surface area (Å²) in [6.45, 7) is 1.96. The van der Waals surface area contributed by atoms with Crippen molar-refractivity contribution in [1.29, 1.82) is 0 Å². The fourth-order valence-electron chi connectivity index (χ4n) is 4.92. The largest absolute Gasteiger partial charge is 0.497 e. The molecule has 2 aromatic heterocycles. The highest BCUT2D eigenvalue weighted by Crippen LogP contribution is 2.36. The lowest BCUT2D eigenvalue weighted by Gasteiger charge is -2.26. The normalized spacial score (nSPS) is 15.2.